The SMILES string of the molecule is CS(=O)(=O)c1cc(CCC(=O)O)nc(-c2nc(=O)c3ccc(F)cc3s2)c1. The van der Waals surface area contributed by atoms with Gasteiger partial charge in [0, 0.05) is 23.1 Å². The fraction of sp³-hybridized carbons (Fsp3) is 0.176. The van der Waals surface area contributed by atoms with Gasteiger partial charge in [-0.2, -0.15) is 4.98 Å². The average molecular weight is 408 g/mol. The van der Waals surface area contributed by atoms with E-state index in [9.17, 15) is 22.4 Å². The van der Waals surface area contributed by atoms with E-state index in [0.717, 1.165) is 23.7 Å². The maximum absolute atomic E-state index is 13.5. The Morgan fingerprint density at radius 3 is 2.63 bits per heavy atom. The van der Waals surface area contributed by atoms with Gasteiger partial charge < -0.3 is 5.11 Å². The highest BCUT2D eigenvalue weighted by atomic mass is 32.2. The van der Waals surface area contributed by atoms with Crippen molar-refractivity contribution in [3.05, 3.63) is 52.2 Å². The highest BCUT2D eigenvalue weighted by molar-refractivity contribution is 7.90. The van der Waals surface area contributed by atoms with Crippen LogP contribution in [0.1, 0.15) is 12.1 Å². The molecule has 1 aromatic carbocycles. The van der Waals surface area contributed by atoms with E-state index in [0.29, 0.717) is 4.70 Å². The van der Waals surface area contributed by atoms with Crippen LogP contribution in [0, 0.1) is 5.82 Å². The smallest absolute Gasteiger partial charge is 0.303 e. The Hall–Kier alpha value is -2.72. The minimum Gasteiger partial charge on any atom is -0.481 e. The lowest BCUT2D eigenvalue weighted by Gasteiger charge is -2.07. The molecule has 3 aromatic rings. The molecule has 0 aliphatic heterocycles. The number of halogens is 1. The lowest BCUT2D eigenvalue weighted by molar-refractivity contribution is -0.136. The first-order valence-corrected chi connectivity index (χ1v) is 10.4. The highest BCUT2D eigenvalue weighted by Gasteiger charge is 2.16. The van der Waals surface area contributed by atoms with Crippen molar-refractivity contribution in [2.24, 2.45) is 0 Å². The van der Waals surface area contributed by atoms with Gasteiger partial charge in [0.05, 0.1) is 16.7 Å². The van der Waals surface area contributed by atoms with Gasteiger partial charge in [0.25, 0.3) is 5.56 Å². The number of hydrogen-bond acceptors (Lipinski definition) is 7. The van der Waals surface area contributed by atoms with Gasteiger partial charge in [0.15, 0.2) is 9.84 Å². The second kappa shape index (κ2) is 7.12. The highest BCUT2D eigenvalue weighted by Crippen LogP contribution is 2.27. The van der Waals surface area contributed by atoms with E-state index in [1.54, 1.807) is 0 Å². The molecular weight excluding hydrogens is 395 g/mol. The Morgan fingerprint density at radius 2 is 1.96 bits per heavy atom. The second-order valence-electron chi connectivity index (χ2n) is 5.81. The molecule has 27 heavy (non-hydrogen) atoms. The van der Waals surface area contributed by atoms with E-state index in [4.69, 9.17) is 5.11 Å². The van der Waals surface area contributed by atoms with Crippen molar-refractivity contribution >= 4 is 37.2 Å². The zero-order valence-electron chi connectivity index (χ0n) is 14.0. The Morgan fingerprint density at radius 1 is 1.22 bits per heavy atom. The van der Waals surface area contributed by atoms with Crippen molar-refractivity contribution in [3.63, 3.8) is 0 Å². The van der Waals surface area contributed by atoms with Gasteiger partial charge in [-0.15, -0.1) is 11.3 Å². The average Bonchev–Trinajstić information content (AvgIpc) is 2.58. The molecule has 0 bridgehead atoms. The number of hydrogen-bond donors (Lipinski definition) is 1. The number of aromatic nitrogens is 2. The molecule has 0 fully saturated rings. The van der Waals surface area contributed by atoms with Crippen molar-refractivity contribution in [2.75, 3.05) is 6.26 Å². The van der Waals surface area contributed by atoms with E-state index in [2.05, 4.69) is 9.97 Å². The van der Waals surface area contributed by atoms with E-state index in [-0.39, 0.29) is 39.5 Å². The molecule has 0 unspecified atom stereocenters. The van der Waals surface area contributed by atoms with Gasteiger partial charge in [-0.05, 0) is 30.3 Å². The predicted octanol–water partition coefficient (Wildman–Crippen LogP) is 2.28. The van der Waals surface area contributed by atoms with Gasteiger partial charge in [-0.1, -0.05) is 0 Å². The summed E-state index contributed by atoms with van der Waals surface area (Å²) in [5, 5.41) is 9.21. The first-order valence-electron chi connectivity index (χ1n) is 7.67. The zero-order valence-corrected chi connectivity index (χ0v) is 15.6. The molecule has 1 N–H and O–H groups in total. The molecule has 3 rings (SSSR count). The summed E-state index contributed by atoms with van der Waals surface area (Å²) in [6.45, 7) is 0. The first-order chi connectivity index (χ1) is 12.6. The normalized spacial score (nSPS) is 11.6. The number of rotatable bonds is 5. The fourth-order valence-electron chi connectivity index (χ4n) is 2.39. The van der Waals surface area contributed by atoms with Crippen LogP contribution in [0.25, 0.3) is 20.8 Å². The lowest BCUT2D eigenvalue weighted by atomic mass is 10.2. The lowest BCUT2D eigenvalue weighted by Crippen LogP contribution is -2.08. The Balaban J connectivity index is 2.20. The molecule has 0 saturated heterocycles. The van der Waals surface area contributed by atoms with Crippen molar-refractivity contribution in [3.8, 4) is 10.7 Å². The number of aryl methyl sites for hydroxylation is 1. The Kier molecular flexibility index (Phi) is 5.03. The number of carbonyl (C=O) groups is 1. The maximum Gasteiger partial charge on any atom is 0.303 e. The monoisotopic (exact) mass is 408 g/mol. The number of carboxylic acids is 1. The molecule has 0 saturated carbocycles. The standard InChI is InChI=1S/C17H13FN2O5S2/c1-27(24,25)11-7-10(3-5-15(21)22)19-13(8-11)17-20-16(23)12-4-2-9(18)6-14(12)26-17/h2,4,6-8H,3,5H2,1H3,(H,21,22). The van der Waals surface area contributed by atoms with E-state index in [1.165, 1.54) is 24.3 Å². The van der Waals surface area contributed by atoms with E-state index in [1.807, 2.05) is 0 Å². The number of nitrogens with zero attached hydrogens (tertiary/aromatic N) is 2. The summed E-state index contributed by atoms with van der Waals surface area (Å²) in [4.78, 5) is 31.1. The van der Waals surface area contributed by atoms with Crippen LogP contribution in [0.4, 0.5) is 4.39 Å². The molecule has 10 heteroatoms. The topological polar surface area (TPSA) is 114 Å². The Bertz CT molecular complexity index is 1220. The third-order valence-electron chi connectivity index (χ3n) is 3.68. The third kappa shape index (κ3) is 4.34. The molecule has 7 nitrogen and oxygen atoms in total. The molecule has 0 aliphatic carbocycles. The van der Waals surface area contributed by atoms with Crippen LogP contribution in [-0.4, -0.2) is 35.7 Å². The predicted molar refractivity (Wildman–Crippen MR) is 98.1 cm³/mol. The van der Waals surface area contributed by atoms with Crippen molar-refractivity contribution < 1.29 is 22.7 Å². The molecular formula is C17H13FN2O5S2. The quantitative estimate of drug-likeness (QED) is 0.689. The minimum atomic E-state index is -3.60. The van der Waals surface area contributed by atoms with Crippen LogP contribution < -0.4 is 5.56 Å². The maximum atomic E-state index is 13.5. The number of sulfone groups is 1. The summed E-state index contributed by atoms with van der Waals surface area (Å²) in [6, 6.07) is 6.25. The summed E-state index contributed by atoms with van der Waals surface area (Å²) >= 11 is 0.996. The number of aliphatic carboxylic acids is 1. The summed E-state index contributed by atoms with van der Waals surface area (Å²) in [5.74, 6) is -1.57. The fourth-order valence-corrected chi connectivity index (χ4v) is 4.05. The van der Waals surface area contributed by atoms with Gasteiger partial charge in [0.2, 0.25) is 0 Å². The molecule has 2 aromatic heterocycles. The summed E-state index contributed by atoms with van der Waals surface area (Å²) in [6.07, 6.45) is 0.799. The Labute approximate surface area is 157 Å². The number of fused-ring (bicyclic) bond motifs is 1. The number of pyridine rings is 1. The van der Waals surface area contributed by atoms with Crippen LogP contribution in [0.15, 0.2) is 40.0 Å². The minimum absolute atomic E-state index is 0.0167. The first kappa shape index (κ1) is 19.1. The van der Waals surface area contributed by atoms with Gasteiger partial charge in [-0.3, -0.25) is 14.6 Å². The molecule has 0 amide bonds. The largest absolute Gasteiger partial charge is 0.481 e. The summed E-state index contributed by atoms with van der Waals surface area (Å²) in [7, 11) is -3.60. The molecule has 0 radical (unpaired) electrons. The summed E-state index contributed by atoms with van der Waals surface area (Å²) in [5.41, 5.74) is -0.222. The molecule has 0 spiro atoms. The number of carboxylic acid groups (broad SMARTS) is 1. The van der Waals surface area contributed by atoms with Crippen LogP contribution >= 0.6 is 11.3 Å². The number of benzene rings is 1. The van der Waals surface area contributed by atoms with E-state index >= 15 is 0 Å². The molecule has 140 valence electrons. The van der Waals surface area contributed by atoms with Crippen LogP contribution in [0.3, 0.4) is 0 Å². The molecule has 2 heterocycles. The van der Waals surface area contributed by atoms with Crippen molar-refractivity contribution in [1.82, 2.24) is 9.97 Å². The summed E-state index contributed by atoms with van der Waals surface area (Å²) < 4.78 is 37.8. The van der Waals surface area contributed by atoms with Gasteiger partial charge in [-0.25, -0.2) is 12.8 Å². The van der Waals surface area contributed by atoms with Crippen LogP contribution in [0.5, 0.6) is 0 Å². The molecule has 0 aliphatic rings. The second-order valence-corrected chi connectivity index (χ2v) is 8.86. The van der Waals surface area contributed by atoms with Crippen molar-refractivity contribution in [1.29, 1.82) is 0 Å². The van der Waals surface area contributed by atoms with Crippen molar-refractivity contribution in [2.45, 2.75) is 17.7 Å². The molecule has 0 atom stereocenters. The van der Waals surface area contributed by atoms with E-state index < -0.39 is 27.2 Å². The van der Waals surface area contributed by atoms with Crippen LogP contribution in [0.2, 0.25) is 0 Å². The van der Waals surface area contributed by atoms with Gasteiger partial charge >= 0.3 is 5.97 Å². The third-order valence-corrected chi connectivity index (χ3v) is 5.82. The van der Waals surface area contributed by atoms with Gasteiger partial charge in [0.1, 0.15) is 16.5 Å². The zero-order chi connectivity index (χ0) is 19.8. The van der Waals surface area contributed by atoms with Crippen LogP contribution in [-0.2, 0) is 21.1 Å².